The Kier molecular flexibility index (Phi) is 3.33. The highest BCUT2D eigenvalue weighted by Crippen LogP contribution is 2.37. The van der Waals surface area contributed by atoms with Gasteiger partial charge < -0.3 is 0 Å². The van der Waals surface area contributed by atoms with Gasteiger partial charge in [-0.05, 0) is 71.8 Å². The third-order valence-corrected chi connectivity index (χ3v) is 5.36. The van der Waals surface area contributed by atoms with E-state index in [9.17, 15) is 0 Å². The molecule has 1 unspecified atom stereocenters. The van der Waals surface area contributed by atoms with E-state index in [4.69, 9.17) is 0 Å². The summed E-state index contributed by atoms with van der Waals surface area (Å²) in [4.78, 5) is 0. The number of hydrogen-bond acceptors (Lipinski definition) is 0. The normalized spacial score (nSPS) is 24.3. The molecule has 1 saturated carbocycles. The molecule has 3 aliphatic carbocycles. The predicted molar refractivity (Wildman–Crippen MR) is 90.3 cm³/mol. The zero-order chi connectivity index (χ0) is 14.2. The largest absolute Gasteiger partial charge is 0.0767 e. The van der Waals surface area contributed by atoms with Crippen molar-refractivity contribution in [2.75, 3.05) is 0 Å². The van der Waals surface area contributed by atoms with Crippen LogP contribution in [0.1, 0.15) is 61.6 Å². The van der Waals surface area contributed by atoms with Crippen LogP contribution in [-0.2, 0) is 6.42 Å². The molecular weight excluding hydrogens is 252 g/mol. The molecule has 4 rings (SSSR count). The van der Waals surface area contributed by atoms with Crippen LogP contribution in [0.2, 0.25) is 0 Å². The number of hydrogen-bond donors (Lipinski definition) is 0. The van der Waals surface area contributed by atoms with E-state index < -0.39 is 0 Å². The zero-order valence-corrected chi connectivity index (χ0v) is 12.9. The molecule has 0 spiro atoms. The Morgan fingerprint density at radius 3 is 2.52 bits per heavy atom. The molecule has 0 heterocycles. The summed E-state index contributed by atoms with van der Waals surface area (Å²) in [6.45, 7) is 2.30. The molecule has 0 amide bonds. The summed E-state index contributed by atoms with van der Waals surface area (Å²) in [6.07, 6.45) is 17.8. The lowest BCUT2D eigenvalue weighted by Gasteiger charge is -2.12. The quantitative estimate of drug-likeness (QED) is 0.639. The first-order chi connectivity index (χ1) is 10.3. The predicted octanol–water partition coefficient (Wildman–Crippen LogP) is 5.81. The average molecular weight is 276 g/mol. The number of fused-ring (bicyclic) bond motifs is 2. The van der Waals surface area contributed by atoms with Gasteiger partial charge in [0.25, 0.3) is 0 Å². The molecule has 0 radical (unpaired) electrons. The lowest BCUT2D eigenvalue weighted by Crippen LogP contribution is -2.00. The molecule has 1 aromatic rings. The van der Waals surface area contributed by atoms with E-state index >= 15 is 0 Å². The standard InChI is InChI=1S/C21H24/c1-15-10-11-21-19(8-5-9-20(15)21)14-16-12-17-6-3-2-4-7-18(17)13-16/h5,8-13,15-16H,2-4,6-7,14H2,1H3. The van der Waals surface area contributed by atoms with Crippen molar-refractivity contribution in [1.82, 2.24) is 0 Å². The molecule has 0 aliphatic heterocycles. The second kappa shape index (κ2) is 5.33. The Hall–Kier alpha value is -1.56. The van der Waals surface area contributed by atoms with Gasteiger partial charge in [-0.15, -0.1) is 0 Å². The molecule has 1 fully saturated rings. The number of benzene rings is 1. The fraction of sp³-hybridized carbons (Fsp3) is 0.429. The monoisotopic (exact) mass is 276 g/mol. The molecule has 0 heteroatoms. The molecule has 0 N–H and O–H groups in total. The van der Waals surface area contributed by atoms with Crippen LogP contribution in [-0.4, -0.2) is 0 Å². The maximum absolute atomic E-state index is 2.56. The van der Waals surface area contributed by atoms with Crippen molar-refractivity contribution >= 4 is 6.08 Å². The molecular formula is C21H24. The van der Waals surface area contributed by atoms with Gasteiger partial charge in [-0.25, -0.2) is 0 Å². The summed E-state index contributed by atoms with van der Waals surface area (Å²) in [6, 6.07) is 6.86. The highest BCUT2D eigenvalue weighted by Gasteiger charge is 2.21. The third kappa shape index (κ3) is 2.41. The van der Waals surface area contributed by atoms with Gasteiger partial charge in [-0.1, -0.05) is 55.8 Å². The van der Waals surface area contributed by atoms with Crippen molar-refractivity contribution in [2.24, 2.45) is 5.92 Å². The highest BCUT2D eigenvalue weighted by atomic mass is 14.3. The van der Waals surface area contributed by atoms with Crippen molar-refractivity contribution in [1.29, 1.82) is 0 Å². The van der Waals surface area contributed by atoms with Gasteiger partial charge in [0.05, 0.1) is 0 Å². The van der Waals surface area contributed by atoms with Gasteiger partial charge >= 0.3 is 0 Å². The van der Waals surface area contributed by atoms with Crippen molar-refractivity contribution in [3.05, 3.63) is 64.3 Å². The molecule has 108 valence electrons. The van der Waals surface area contributed by atoms with Gasteiger partial charge in [0.1, 0.15) is 0 Å². The van der Waals surface area contributed by atoms with Gasteiger partial charge in [0, 0.05) is 0 Å². The fourth-order valence-corrected chi connectivity index (χ4v) is 4.20. The van der Waals surface area contributed by atoms with E-state index in [1.807, 2.05) is 0 Å². The van der Waals surface area contributed by atoms with E-state index in [1.54, 1.807) is 11.1 Å². The topological polar surface area (TPSA) is 0 Å². The molecule has 0 aromatic heterocycles. The van der Waals surface area contributed by atoms with Crippen LogP contribution in [0.3, 0.4) is 0 Å². The second-order valence-corrected chi connectivity index (χ2v) is 6.88. The average Bonchev–Trinajstić information content (AvgIpc) is 2.98. The van der Waals surface area contributed by atoms with Crippen LogP contribution in [0.4, 0.5) is 0 Å². The van der Waals surface area contributed by atoms with Crippen molar-refractivity contribution in [3.63, 3.8) is 0 Å². The minimum absolute atomic E-state index is 0.589. The fourth-order valence-electron chi connectivity index (χ4n) is 4.20. The molecule has 0 saturated heterocycles. The van der Waals surface area contributed by atoms with Crippen molar-refractivity contribution < 1.29 is 0 Å². The Balaban J connectivity index is 1.59. The van der Waals surface area contributed by atoms with Crippen LogP contribution in [0.25, 0.3) is 6.08 Å². The first kappa shape index (κ1) is 13.1. The van der Waals surface area contributed by atoms with E-state index in [0.29, 0.717) is 11.8 Å². The smallest absolute Gasteiger partial charge is 0.000101 e. The van der Waals surface area contributed by atoms with Gasteiger partial charge in [0.15, 0.2) is 0 Å². The van der Waals surface area contributed by atoms with Gasteiger partial charge in [-0.2, -0.15) is 0 Å². The summed E-state index contributed by atoms with van der Waals surface area (Å²) in [5, 5.41) is 0. The van der Waals surface area contributed by atoms with E-state index in [2.05, 4.69) is 49.4 Å². The van der Waals surface area contributed by atoms with Crippen LogP contribution in [0.5, 0.6) is 0 Å². The second-order valence-electron chi connectivity index (χ2n) is 6.88. The third-order valence-electron chi connectivity index (χ3n) is 5.36. The van der Waals surface area contributed by atoms with Crippen LogP contribution in [0.15, 0.2) is 47.6 Å². The van der Waals surface area contributed by atoms with Gasteiger partial charge in [-0.3, -0.25) is 0 Å². The molecule has 1 aromatic carbocycles. The molecule has 0 bridgehead atoms. The SMILES string of the molecule is CC1C=Cc2c(CC3C=C4CCCCCC4=C3)cccc21. The molecule has 1 atom stereocenters. The maximum Gasteiger partial charge on any atom is -0.000101 e. The summed E-state index contributed by atoms with van der Waals surface area (Å²) in [5.41, 5.74) is 7.86. The summed E-state index contributed by atoms with van der Waals surface area (Å²) >= 11 is 0. The van der Waals surface area contributed by atoms with Gasteiger partial charge in [0.2, 0.25) is 0 Å². The Morgan fingerprint density at radius 2 is 1.76 bits per heavy atom. The van der Waals surface area contributed by atoms with E-state index in [0.717, 1.165) is 0 Å². The number of rotatable bonds is 2. The van der Waals surface area contributed by atoms with Crippen LogP contribution >= 0.6 is 0 Å². The lowest BCUT2D eigenvalue weighted by molar-refractivity contribution is 0.710. The Labute approximate surface area is 128 Å². The van der Waals surface area contributed by atoms with Crippen LogP contribution in [0, 0.1) is 5.92 Å². The maximum atomic E-state index is 2.56. The minimum atomic E-state index is 0.589. The number of allylic oxidation sites excluding steroid dienone is 5. The lowest BCUT2D eigenvalue weighted by atomic mass is 9.92. The summed E-state index contributed by atoms with van der Waals surface area (Å²) < 4.78 is 0. The summed E-state index contributed by atoms with van der Waals surface area (Å²) in [5.74, 6) is 1.22. The molecule has 3 aliphatic rings. The highest BCUT2D eigenvalue weighted by molar-refractivity contribution is 5.65. The van der Waals surface area contributed by atoms with E-state index in [1.165, 1.54) is 55.2 Å². The first-order valence-corrected chi connectivity index (χ1v) is 8.53. The first-order valence-electron chi connectivity index (χ1n) is 8.53. The van der Waals surface area contributed by atoms with E-state index in [-0.39, 0.29) is 0 Å². The van der Waals surface area contributed by atoms with Crippen LogP contribution < -0.4 is 0 Å². The molecule has 0 nitrogen and oxygen atoms in total. The zero-order valence-electron chi connectivity index (χ0n) is 12.9. The summed E-state index contributed by atoms with van der Waals surface area (Å²) in [7, 11) is 0. The van der Waals surface area contributed by atoms with Crippen molar-refractivity contribution in [2.45, 2.75) is 51.4 Å². The Morgan fingerprint density at radius 1 is 1.00 bits per heavy atom. The Bertz CT molecular complexity index is 620. The molecule has 21 heavy (non-hydrogen) atoms. The van der Waals surface area contributed by atoms with Crippen molar-refractivity contribution in [3.8, 4) is 0 Å². The minimum Gasteiger partial charge on any atom is -0.0767 e.